The van der Waals surface area contributed by atoms with Gasteiger partial charge in [0.2, 0.25) is 0 Å². The Morgan fingerprint density at radius 2 is 2.17 bits per heavy atom. The first kappa shape index (κ1) is 13.1. The fraction of sp³-hybridized carbons (Fsp3) is 0.533. The Hall–Kier alpha value is -1.35. The zero-order valence-electron chi connectivity index (χ0n) is 11.0. The van der Waals surface area contributed by atoms with Gasteiger partial charge in [0.05, 0.1) is 6.61 Å². The van der Waals surface area contributed by atoms with Crippen molar-refractivity contribution in [2.75, 3.05) is 26.2 Å². The van der Waals surface area contributed by atoms with Crippen LogP contribution in [0.3, 0.4) is 0 Å². The molecule has 1 unspecified atom stereocenters. The average molecular weight is 247 g/mol. The molecule has 2 rings (SSSR count). The molecule has 0 N–H and O–H groups in total. The fourth-order valence-electron chi connectivity index (χ4n) is 2.37. The zero-order valence-corrected chi connectivity index (χ0v) is 11.0. The van der Waals surface area contributed by atoms with Gasteiger partial charge in [-0.15, -0.1) is 0 Å². The number of hydrogen-bond donors (Lipinski definition) is 0. The Bertz CT molecular complexity index is 386. The summed E-state index contributed by atoms with van der Waals surface area (Å²) in [7, 11) is 0. The van der Waals surface area contributed by atoms with Crippen LogP contribution in [0.2, 0.25) is 0 Å². The van der Waals surface area contributed by atoms with E-state index in [2.05, 4.69) is 11.8 Å². The van der Waals surface area contributed by atoms with Crippen molar-refractivity contribution in [3.63, 3.8) is 0 Å². The number of carbonyl (C=O) groups is 1. The summed E-state index contributed by atoms with van der Waals surface area (Å²) >= 11 is 0. The van der Waals surface area contributed by atoms with Crippen molar-refractivity contribution < 1.29 is 9.53 Å². The number of ether oxygens (including phenoxy) is 1. The average Bonchev–Trinajstić information content (AvgIpc) is 2.89. The van der Waals surface area contributed by atoms with E-state index in [-0.39, 0.29) is 0 Å². The van der Waals surface area contributed by atoms with Crippen molar-refractivity contribution in [3.05, 3.63) is 29.8 Å². The van der Waals surface area contributed by atoms with Crippen LogP contribution in [0.5, 0.6) is 5.75 Å². The maximum Gasteiger partial charge on any atom is 0.150 e. The van der Waals surface area contributed by atoms with E-state index in [4.69, 9.17) is 4.74 Å². The molecule has 1 saturated heterocycles. The summed E-state index contributed by atoms with van der Waals surface area (Å²) in [4.78, 5) is 13.2. The lowest BCUT2D eigenvalue weighted by Crippen LogP contribution is -2.28. The molecule has 3 nitrogen and oxygen atoms in total. The molecular formula is C15H21NO2. The van der Waals surface area contributed by atoms with Gasteiger partial charge < -0.3 is 9.64 Å². The Labute approximate surface area is 109 Å². The predicted molar refractivity (Wildman–Crippen MR) is 72.2 cm³/mol. The minimum absolute atomic E-state index is 0.517. The summed E-state index contributed by atoms with van der Waals surface area (Å²) in [5.41, 5.74) is 0.666. The molecule has 1 fully saturated rings. The molecule has 1 aliphatic rings. The summed E-state index contributed by atoms with van der Waals surface area (Å²) in [6.45, 7) is 6.48. The first-order valence-corrected chi connectivity index (χ1v) is 6.68. The second kappa shape index (κ2) is 6.55. The first-order valence-electron chi connectivity index (χ1n) is 6.68. The number of rotatable bonds is 6. The molecule has 1 atom stereocenters. The van der Waals surface area contributed by atoms with Crippen LogP contribution in [0.25, 0.3) is 0 Å². The van der Waals surface area contributed by atoms with Crippen LogP contribution in [-0.4, -0.2) is 37.4 Å². The van der Waals surface area contributed by atoms with Crippen LogP contribution in [-0.2, 0) is 0 Å². The molecule has 1 aromatic carbocycles. The topological polar surface area (TPSA) is 29.5 Å². The number of nitrogens with zero attached hydrogens (tertiary/aromatic N) is 1. The van der Waals surface area contributed by atoms with Crippen molar-refractivity contribution in [1.29, 1.82) is 0 Å². The number of hydrogen-bond acceptors (Lipinski definition) is 3. The molecule has 3 heteroatoms. The Balaban J connectivity index is 1.77. The van der Waals surface area contributed by atoms with Gasteiger partial charge in [0.1, 0.15) is 12.0 Å². The first-order chi connectivity index (χ1) is 8.78. The van der Waals surface area contributed by atoms with Crippen LogP contribution in [0.15, 0.2) is 24.3 Å². The lowest BCUT2D eigenvalue weighted by molar-refractivity contribution is 0.112. The highest BCUT2D eigenvalue weighted by atomic mass is 16.5. The molecule has 0 amide bonds. The normalized spacial score (nSPS) is 17.6. The Morgan fingerprint density at radius 1 is 1.39 bits per heavy atom. The smallest absolute Gasteiger partial charge is 0.150 e. The molecule has 18 heavy (non-hydrogen) atoms. The fourth-order valence-corrected chi connectivity index (χ4v) is 2.37. The summed E-state index contributed by atoms with van der Waals surface area (Å²) in [6.07, 6.45) is 3.50. The largest absolute Gasteiger partial charge is 0.493 e. The molecule has 1 aliphatic heterocycles. The van der Waals surface area contributed by atoms with Crippen LogP contribution in [0.4, 0.5) is 0 Å². The van der Waals surface area contributed by atoms with E-state index in [0.29, 0.717) is 18.1 Å². The quantitative estimate of drug-likeness (QED) is 0.724. The van der Waals surface area contributed by atoms with Gasteiger partial charge in [-0.25, -0.2) is 0 Å². The van der Waals surface area contributed by atoms with E-state index in [0.717, 1.165) is 18.6 Å². The van der Waals surface area contributed by atoms with Gasteiger partial charge >= 0.3 is 0 Å². The lowest BCUT2D eigenvalue weighted by atomic mass is 10.2. The van der Waals surface area contributed by atoms with E-state index < -0.39 is 0 Å². The van der Waals surface area contributed by atoms with Crippen molar-refractivity contribution in [2.24, 2.45) is 5.92 Å². The Morgan fingerprint density at radius 3 is 2.89 bits per heavy atom. The van der Waals surface area contributed by atoms with Crippen molar-refractivity contribution in [3.8, 4) is 5.75 Å². The third-order valence-electron chi connectivity index (χ3n) is 3.30. The van der Waals surface area contributed by atoms with Crippen LogP contribution >= 0.6 is 0 Å². The highest BCUT2D eigenvalue weighted by Gasteiger charge is 2.14. The van der Waals surface area contributed by atoms with E-state index in [1.165, 1.54) is 25.9 Å². The molecule has 0 bridgehead atoms. The van der Waals surface area contributed by atoms with E-state index in [1.54, 1.807) is 12.1 Å². The highest BCUT2D eigenvalue weighted by Crippen LogP contribution is 2.15. The standard InChI is InChI=1S/C15H21NO2/c1-13(10-16-7-2-3-8-16)12-18-15-6-4-5-14(9-15)11-17/h4-6,9,11,13H,2-3,7-8,10,12H2,1H3. The summed E-state index contributed by atoms with van der Waals surface area (Å²) in [6, 6.07) is 7.32. The van der Waals surface area contributed by atoms with Crippen LogP contribution in [0, 0.1) is 5.92 Å². The van der Waals surface area contributed by atoms with Gasteiger partial charge in [0, 0.05) is 18.0 Å². The molecule has 98 valence electrons. The van der Waals surface area contributed by atoms with Crippen molar-refractivity contribution >= 4 is 6.29 Å². The van der Waals surface area contributed by atoms with Crippen LogP contribution < -0.4 is 4.74 Å². The maximum atomic E-state index is 10.7. The molecule has 0 spiro atoms. The zero-order chi connectivity index (χ0) is 12.8. The Kier molecular flexibility index (Phi) is 4.76. The second-order valence-electron chi connectivity index (χ2n) is 5.11. The highest BCUT2D eigenvalue weighted by molar-refractivity contribution is 5.75. The maximum absolute atomic E-state index is 10.7. The van der Waals surface area contributed by atoms with Gasteiger partial charge in [0.15, 0.2) is 0 Å². The third kappa shape index (κ3) is 3.84. The van der Waals surface area contributed by atoms with E-state index >= 15 is 0 Å². The predicted octanol–water partition coefficient (Wildman–Crippen LogP) is 2.61. The van der Waals surface area contributed by atoms with Crippen molar-refractivity contribution in [1.82, 2.24) is 4.90 Å². The second-order valence-corrected chi connectivity index (χ2v) is 5.11. The van der Waals surface area contributed by atoms with Gasteiger partial charge in [-0.05, 0) is 38.1 Å². The summed E-state index contributed by atoms with van der Waals surface area (Å²) in [5, 5.41) is 0. The molecular weight excluding hydrogens is 226 g/mol. The molecule has 0 aliphatic carbocycles. The number of benzene rings is 1. The summed E-state index contributed by atoms with van der Waals surface area (Å²) < 4.78 is 5.74. The van der Waals surface area contributed by atoms with Gasteiger partial charge in [-0.1, -0.05) is 19.1 Å². The molecule has 1 aromatic rings. The van der Waals surface area contributed by atoms with Gasteiger partial charge in [-0.2, -0.15) is 0 Å². The SMILES string of the molecule is CC(COc1cccc(C=O)c1)CN1CCCC1. The van der Waals surface area contributed by atoms with Crippen LogP contribution in [0.1, 0.15) is 30.1 Å². The van der Waals surface area contributed by atoms with Crippen molar-refractivity contribution in [2.45, 2.75) is 19.8 Å². The minimum Gasteiger partial charge on any atom is -0.493 e. The minimum atomic E-state index is 0.517. The summed E-state index contributed by atoms with van der Waals surface area (Å²) in [5.74, 6) is 1.30. The molecule has 0 radical (unpaired) electrons. The van der Waals surface area contributed by atoms with Gasteiger partial charge in [-0.3, -0.25) is 4.79 Å². The van der Waals surface area contributed by atoms with E-state index in [9.17, 15) is 4.79 Å². The lowest BCUT2D eigenvalue weighted by Gasteiger charge is -2.20. The molecule has 0 saturated carbocycles. The van der Waals surface area contributed by atoms with E-state index in [1.807, 2.05) is 12.1 Å². The molecule has 1 heterocycles. The van der Waals surface area contributed by atoms with Gasteiger partial charge in [0.25, 0.3) is 0 Å². The number of aldehydes is 1. The number of likely N-dealkylation sites (tertiary alicyclic amines) is 1. The monoisotopic (exact) mass is 247 g/mol. The molecule has 0 aromatic heterocycles. The number of carbonyl (C=O) groups excluding carboxylic acids is 1. The third-order valence-corrected chi connectivity index (χ3v) is 3.30.